The third kappa shape index (κ3) is 2.73. The van der Waals surface area contributed by atoms with Crippen LogP contribution in [0, 0.1) is 0 Å². The van der Waals surface area contributed by atoms with Crippen molar-refractivity contribution >= 4 is 27.5 Å². The van der Waals surface area contributed by atoms with Crippen LogP contribution in [0.4, 0.5) is 0 Å². The fraction of sp³-hybridized carbons (Fsp3) is 0.167. The Morgan fingerprint density at radius 1 is 1.00 bits per heavy atom. The highest BCUT2D eigenvalue weighted by atomic mass is 16.5. The van der Waals surface area contributed by atoms with E-state index < -0.39 is 0 Å². The summed E-state index contributed by atoms with van der Waals surface area (Å²) >= 11 is 0. The van der Waals surface area contributed by atoms with E-state index in [1.165, 1.54) is 23.3 Å². The van der Waals surface area contributed by atoms with Crippen LogP contribution in [0.25, 0.3) is 21.5 Å². The zero-order chi connectivity index (χ0) is 14.8. The minimum Gasteiger partial charge on any atom is -0.469 e. The lowest BCUT2D eigenvalue weighted by atomic mass is 9.98. The largest absolute Gasteiger partial charge is 0.469 e. The van der Waals surface area contributed by atoms with Crippen molar-refractivity contribution < 1.29 is 9.53 Å². The van der Waals surface area contributed by atoms with Gasteiger partial charge < -0.3 is 10.5 Å². The van der Waals surface area contributed by atoms with Crippen LogP contribution >= 0.6 is 0 Å². The number of carbonyl (C=O) groups excluding carboxylic acids is 1. The Balaban J connectivity index is 2.02. The Bertz CT molecular complexity index is 811. The van der Waals surface area contributed by atoms with Gasteiger partial charge in [-0.1, -0.05) is 36.4 Å². The first-order valence-corrected chi connectivity index (χ1v) is 6.92. The molecule has 21 heavy (non-hydrogen) atoms. The maximum Gasteiger partial charge on any atom is 0.307 e. The number of nitrogens with two attached hydrogens (primary N) is 1. The number of fused-ring (bicyclic) bond motifs is 2. The first kappa shape index (κ1) is 13.6. The Labute approximate surface area is 123 Å². The van der Waals surface area contributed by atoms with Crippen molar-refractivity contribution in [1.82, 2.24) is 0 Å². The van der Waals surface area contributed by atoms with Gasteiger partial charge in [-0.3, -0.25) is 4.79 Å². The van der Waals surface area contributed by atoms with E-state index in [1.54, 1.807) is 0 Å². The van der Waals surface area contributed by atoms with E-state index in [9.17, 15) is 4.79 Å². The number of benzene rings is 3. The molecule has 2 N–H and O–H groups in total. The molecule has 1 atom stereocenters. The zero-order valence-corrected chi connectivity index (χ0v) is 11.9. The van der Waals surface area contributed by atoms with Gasteiger partial charge in [0, 0.05) is 6.04 Å². The molecule has 0 unspecified atom stereocenters. The highest BCUT2D eigenvalue weighted by molar-refractivity contribution is 5.98. The molecule has 0 fully saturated rings. The molecule has 0 aliphatic rings. The van der Waals surface area contributed by atoms with E-state index in [0.717, 1.165) is 10.9 Å². The second-order valence-electron chi connectivity index (χ2n) is 5.19. The standard InChI is InChI=1S/C18H17NO2/c1-21-18(20)11-17(19)15-7-6-14-8-12-4-2-3-5-13(12)9-16(14)10-15/h2-10,17H,11,19H2,1H3/t17-/m0/s1. The van der Waals surface area contributed by atoms with Crippen LogP contribution in [0.15, 0.2) is 54.6 Å². The van der Waals surface area contributed by atoms with Crippen LogP contribution in [0.3, 0.4) is 0 Å². The number of hydrogen-bond donors (Lipinski definition) is 1. The Kier molecular flexibility index (Phi) is 3.59. The van der Waals surface area contributed by atoms with Crippen LogP contribution in [0.5, 0.6) is 0 Å². The number of hydrogen-bond acceptors (Lipinski definition) is 3. The van der Waals surface area contributed by atoms with Gasteiger partial charge in [-0.05, 0) is 45.3 Å². The predicted molar refractivity (Wildman–Crippen MR) is 85.0 cm³/mol. The number of carbonyl (C=O) groups is 1. The van der Waals surface area contributed by atoms with Crippen molar-refractivity contribution in [2.45, 2.75) is 12.5 Å². The summed E-state index contributed by atoms with van der Waals surface area (Å²) in [5, 5.41) is 4.72. The molecule has 0 radical (unpaired) electrons. The van der Waals surface area contributed by atoms with E-state index in [2.05, 4.69) is 35.1 Å². The Morgan fingerprint density at radius 2 is 1.62 bits per heavy atom. The van der Waals surface area contributed by atoms with Crippen molar-refractivity contribution in [1.29, 1.82) is 0 Å². The number of ether oxygens (including phenoxy) is 1. The molecule has 0 bridgehead atoms. The molecule has 3 rings (SSSR count). The molecule has 0 aliphatic heterocycles. The van der Waals surface area contributed by atoms with E-state index in [-0.39, 0.29) is 18.4 Å². The van der Waals surface area contributed by atoms with Gasteiger partial charge in [0.05, 0.1) is 13.5 Å². The SMILES string of the molecule is COC(=O)C[C@H](N)c1ccc2cc3ccccc3cc2c1. The van der Waals surface area contributed by atoms with Gasteiger partial charge in [-0.2, -0.15) is 0 Å². The van der Waals surface area contributed by atoms with Gasteiger partial charge in [0.25, 0.3) is 0 Å². The molecule has 3 aromatic rings. The van der Waals surface area contributed by atoms with Gasteiger partial charge in [0.1, 0.15) is 0 Å². The third-order valence-corrected chi connectivity index (χ3v) is 3.77. The van der Waals surface area contributed by atoms with Crippen molar-refractivity contribution in [3.05, 3.63) is 60.2 Å². The molecule has 0 aliphatic carbocycles. The van der Waals surface area contributed by atoms with Gasteiger partial charge in [-0.15, -0.1) is 0 Å². The summed E-state index contributed by atoms with van der Waals surface area (Å²) in [6.45, 7) is 0. The minimum atomic E-state index is -0.340. The summed E-state index contributed by atoms with van der Waals surface area (Å²) in [6, 6.07) is 18.3. The summed E-state index contributed by atoms with van der Waals surface area (Å²) < 4.78 is 4.67. The zero-order valence-electron chi connectivity index (χ0n) is 11.9. The van der Waals surface area contributed by atoms with Crippen molar-refractivity contribution in [3.63, 3.8) is 0 Å². The quantitative estimate of drug-likeness (QED) is 0.589. The average molecular weight is 279 g/mol. The molecule has 0 saturated heterocycles. The fourth-order valence-electron chi connectivity index (χ4n) is 2.57. The highest BCUT2D eigenvalue weighted by Crippen LogP contribution is 2.26. The van der Waals surface area contributed by atoms with Gasteiger partial charge in [-0.25, -0.2) is 0 Å². The molecule has 0 aromatic heterocycles. The predicted octanol–water partition coefficient (Wildman–Crippen LogP) is 3.56. The van der Waals surface area contributed by atoms with Crippen LogP contribution < -0.4 is 5.73 Å². The summed E-state index contributed by atoms with van der Waals surface area (Å²) in [4.78, 5) is 11.3. The van der Waals surface area contributed by atoms with Crippen LogP contribution in [0.1, 0.15) is 18.0 Å². The lowest BCUT2D eigenvalue weighted by molar-refractivity contribution is -0.141. The lowest BCUT2D eigenvalue weighted by Crippen LogP contribution is -2.16. The maximum absolute atomic E-state index is 11.3. The maximum atomic E-state index is 11.3. The van der Waals surface area contributed by atoms with Gasteiger partial charge in [0.2, 0.25) is 0 Å². The smallest absolute Gasteiger partial charge is 0.307 e. The van der Waals surface area contributed by atoms with Crippen LogP contribution in [-0.2, 0) is 9.53 Å². The topological polar surface area (TPSA) is 52.3 Å². The molecular weight excluding hydrogens is 262 g/mol. The van der Waals surface area contributed by atoms with Crippen molar-refractivity contribution in [2.75, 3.05) is 7.11 Å². The van der Waals surface area contributed by atoms with Crippen LogP contribution in [0.2, 0.25) is 0 Å². The fourth-order valence-corrected chi connectivity index (χ4v) is 2.57. The molecular formula is C18H17NO2. The molecule has 0 amide bonds. The minimum absolute atomic E-state index is 0.190. The highest BCUT2D eigenvalue weighted by Gasteiger charge is 2.12. The monoisotopic (exact) mass is 279 g/mol. The molecule has 0 saturated carbocycles. The normalized spacial score (nSPS) is 12.5. The molecule has 106 valence electrons. The van der Waals surface area contributed by atoms with Crippen molar-refractivity contribution in [3.8, 4) is 0 Å². The van der Waals surface area contributed by atoms with E-state index in [4.69, 9.17) is 5.73 Å². The lowest BCUT2D eigenvalue weighted by Gasteiger charge is -2.12. The third-order valence-electron chi connectivity index (χ3n) is 3.77. The van der Waals surface area contributed by atoms with E-state index >= 15 is 0 Å². The Hall–Kier alpha value is -2.39. The molecule has 0 heterocycles. The van der Waals surface area contributed by atoms with Gasteiger partial charge >= 0.3 is 5.97 Å². The first-order chi connectivity index (χ1) is 10.2. The summed E-state index contributed by atoms with van der Waals surface area (Å²) in [5.74, 6) is -0.291. The summed E-state index contributed by atoms with van der Waals surface area (Å²) in [6.07, 6.45) is 0.190. The van der Waals surface area contributed by atoms with Gasteiger partial charge in [0.15, 0.2) is 0 Å². The molecule has 3 nitrogen and oxygen atoms in total. The number of rotatable bonds is 3. The average Bonchev–Trinajstić information content (AvgIpc) is 2.52. The Morgan fingerprint density at radius 3 is 2.29 bits per heavy atom. The number of methoxy groups -OCH3 is 1. The van der Waals surface area contributed by atoms with E-state index in [1.807, 2.05) is 24.3 Å². The first-order valence-electron chi connectivity index (χ1n) is 6.92. The second-order valence-corrected chi connectivity index (χ2v) is 5.19. The van der Waals surface area contributed by atoms with E-state index in [0.29, 0.717) is 0 Å². The van der Waals surface area contributed by atoms with Crippen molar-refractivity contribution in [2.24, 2.45) is 5.73 Å². The molecule has 0 spiro atoms. The number of esters is 1. The summed E-state index contributed by atoms with van der Waals surface area (Å²) in [5.41, 5.74) is 7.02. The summed E-state index contributed by atoms with van der Waals surface area (Å²) in [7, 11) is 1.38. The molecule has 3 heteroatoms. The second kappa shape index (κ2) is 5.54. The molecule has 3 aromatic carbocycles. The van der Waals surface area contributed by atoms with Crippen LogP contribution in [-0.4, -0.2) is 13.1 Å².